The summed E-state index contributed by atoms with van der Waals surface area (Å²) < 4.78 is 164. The number of halogens is 12. The van der Waals surface area contributed by atoms with Crippen molar-refractivity contribution < 1.29 is 52.7 Å². The third kappa shape index (κ3) is 2.80. The Morgan fingerprint density at radius 1 is 0.448 bits per heavy atom. The summed E-state index contributed by atoms with van der Waals surface area (Å²) >= 11 is 0. The average molecular weight is 434 g/mol. The van der Waals surface area contributed by atoms with Crippen LogP contribution in [0.3, 0.4) is 0 Å². The van der Waals surface area contributed by atoms with Gasteiger partial charge in [0.15, 0.2) is 46.5 Å². The highest BCUT2D eigenvalue weighted by molar-refractivity contribution is 6.02. The summed E-state index contributed by atoms with van der Waals surface area (Å²) in [7, 11) is 0. The van der Waals surface area contributed by atoms with Crippen molar-refractivity contribution in [2.24, 2.45) is 0 Å². The molecule has 0 heterocycles. The molecule has 154 valence electrons. The van der Waals surface area contributed by atoms with Gasteiger partial charge < -0.3 is 0 Å². The lowest BCUT2D eigenvalue weighted by Crippen LogP contribution is -2.18. The zero-order chi connectivity index (χ0) is 22.0. The molecule has 2 aromatic rings. The van der Waals surface area contributed by atoms with E-state index in [-0.39, 0.29) is 12.2 Å². The summed E-state index contributed by atoms with van der Waals surface area (Å²) in [6.45, 7) is 0. The topological polar surface area (TPSA) is 0 Å². The van der Waals surface area contributed by atoms with E-state index in [1.165, 1.54) is 0 Å². The summed E-state index contributed by atoms with van der Waals surface area (Å²) in [6, 6.07) is 0. The molecule has 1 aliphatic rings. The van der Waals surface area contributed by atoms with Gasteiger partial charge in [0.1, 0.15) is 0 Å². The van der Waals surface area contributed by atoms with Crippen LogP contribution in [0.1, 0.15) is 11.1 Å². The van der Waals surface area contributed by atoms with E-state index >= 15 is 0 Å². The molecule has 3 rings (SSSR count). The first-order chi connectivity index (χ1) is 13.3. The second-order valence-electron chi connectivity index (χ2n) is 5.63. The van der Waals surface area contributed by atoms with Crippen LogP contribution in [0.5, 0.6) is 0 Å². The Kier molecular flexibility index (Phi) is 4.71. The van der Waals surface area contributed by atoms with Gasteiger partial charge in [-0.3, -0.25) is 0 Å². The van der Waals surface area contributed by atoms with Crippen molar-refractivity contribution in [3.05, 3.63) is 81.5 Å². The van der Waals surface area contributed by atoms with E-state index in [1.807, 2.05) is 0 Å². The number of hydrogen-bond donors (Lipinski definition) is 0. The van der Waals surface area contributed by atoms with Crippen molar-refractivity contribution in [2.75, 3.05) is 0 Å². The highest BCUT2D eigenvalue weighted by atomic mass is 19.3. The van der Waals surface area contributed by atoms with Crippen molar-refractivity contribution >= 4 is 11.1 Å². The van der Waals surface area contributed by atoms with Gasteiger partial charge in [-0.2, -0.15) is 8.78 Å². The Morgan fingerprint density at radius 2 is 0.759 bits per heavy atom. The molecule has 0 N–H and O–H groups in total. The summed E-state index contributed by atoms with van der Waals surface area (Å²) in [5.74, 6) is -31.3. The predicted molar refractivity (Wildman–Crippen MR) is 73.4 cm³/mol. The molecule has 0 saturated carbocycles. The highest BCUT2D eigenvalue weighted by Crippen LogP contribution is 2.48. The van der Waals surface area contributed by atoms with Gasteiger partial charge in [-0.05, 0) is 11.6 Å². The third-order valence-corrected chi connectivity index (χ3v) is 4.00. The predicted octanol–water partition coefficient (Wildman–Crippen LogP) is 6.19. The number of hydrogen-bond acceptors (Lipinski definition) is 0. The zero-order valence-electron chi connectivity index (χ0n) is 13.2. The molecule has 0 nitrogen and oxygen atoms in total. The molecule has 0 bridgehead atoms. The van der Waals surface area contributed by atoms with Crippen molar-refractivity contribution in [3.8, 4) is 0 Å². The normalized spacial score (nSPS) is 15.6. The average Bonchev–Trinajstić information content (AvgIpc) is 2.97. The second-order valence-corrected chi connectivity index (χ2v) is 5.63. The van der Waals surface area contributed by atoms with E-state index in [9.17, 15) is 52.7 Å². The fourth-order valence-corrected chi connectivity index (χ4v) is 2.71. The molecule has 0 atom stereocenters. The molecule has 0 aromatic heterocycles. The van der Waals surface area contributed by atoms with Crippen LogP contribution in [-0.4, -0.2) is 5.92 Å². The van der Waals surface area contributed by atoms with Gasteiger partial charge in [0, 0.05) is 5.57 Å². The standard InChI is InChI=1S/C17H2F12/c18-7-4(8(19)12(23)15(26)11(7)22)3-1-2-17(28,29)6(3)5-9(20)13(24)16(27)14(25)10(5)21/h1-2H. The maximum absolute atomic E-state index is 14.2. The van der Waals surface area contributed by atoms with Gasteiger partial charge in [-0.15, -0.1) is 0 Å². The van der Waals surface area contributed by atoms with E-state index in [1.54, 1.807) is 0 Å². The Labute approximate surface area is 152 Å². The van der Waals surface area contributed by atoms with Gasteiger partial charge in [0.05, 0.1) is 11.1 Å². The number of rotatable bonds is 2. The van der Waals surface area contributed by atoms with Crippen LogP contribution < -0.4 is 0 Å². The minimum Gasteiger partial charge on any atom is -0.203 e. The van der Waals surface area contributed by atoms with Crippen LogP contribution in [0, 0.1) is 58.2 Å². The Hall–Kier alpha value is -2.92. The van der Waals surface area contributed by atoms with Crippen molar-refractivity contribution in [1.82, 2.24) is 0 Å². The quantitative estimate of drug-likeness (QED) is 0.300. The molecule has 0 spiro atoms. The van der Waals surface area contributed by atoms with E-state index in [4.69, 9.17) is 0 Å². The first-order valence-electron chi connectivity index (χ1n) is 7.18. The summed E-state index contributed by atoms with van der Waals surface area (Å²) in [5, 5.41) is 0. The van der Waals surface area contributed by atoms with Gasteiger partial charge in [-0.25, -0.2) is 43.9 Å². The number of benzene rings is 2. The fraction of sp³-hybridized carbons (Fsp3) is 0.0588. The van der Waals surface area contributed by atoms with E-state index in [0.717, 1.165) is 0 Å². The minimum absolute atomic E-state index is 0.0334. The van der Waals surface area contributed by atoms with Crippen molar-refractivity contribution in [3.63, 3.8) is 0 Å². The third-order valence-electron chi connectivity index (χ3n) is 4.00. The van der Waals surface area contributed by atoms with Crippen molar-refractivity contribution in [1.29, 1.82) is 0 Å². The largest absolute Gasteiger partial charge is 0.293 e. The molecule has 0 saturated heterocycles. The number of allylic oxidation sites excluding steroid dienone is 4. The SMILES string of the molecule is Fc1c(F)c(F)c(C2=C(c3c(F)c(F)c(F)c(F)c3F)C(F)(F)C=C2)c(F)c1F. The monoisotopic (exact) mass is 434 g/mol. The van der Waals surface area contributed by atoms with Gasteiger partial charge in [0.2, 0.25) is 11.6 Å². The highest BCUT2D eigenvalue weighted by Gasteiger charge is 2.45. The number of alkyl halides is 2. The van der Waals surface area contributed by atoms with Crippen molar-refractivity contribution in [2.45, 2.75) is 5.92 Å². The summed E-state index contributed by atoms with van der Waals surface area (Å²) in [5.41, 5.74) is -8.15. The second kappa shape index (κ2) is 6.56. The van der Waals surface area contributed by atoms with E-state index < -0.39 is 86.4 Å². The molecule has 0 radical (unpaired) electrons. The lowest BCUT2D eigenvalue weighted by molar-refractivity contribution is 0.125. The molecule has 2 aromatic carbocycles. The maximum Gasteiger partial charge on any atom is 0.293 e. The summed E-state index contributed by atoms with van der Waals surface area (Å²) in [6.07, 6.45) is -0.237. The van der Waals surface area contributed by atoms with Gasteiger partial charge >= 0.3 is 0 Å². The molecule has 12 heteroatoms. The fourth-order valence-electron chi connectivity index (χ4n) is 2.71. The molecule has 0 amide bonds. The molecule has 29 heavy (non-hydrogen) atoms. The molecule has 0 aliphatic heterocycles. The first-order valence-corrected chi connectivity index (χ1v) is 7.18. The molecule has 0 fully saturated rings. The Balaban J connectivity index is 2.52. The Morgan fingerprint density at radius 3 is 1.14 bits per heavy atom. The lowest BCUT2D eigenvalue weighted by Gasteiger charge is -2.18. The van der Waals surface area contributed by atoms with Crippen LogP contribution >= 0.6 is 0 Å². The van der Waals surface area contributed by atoms with Crippen LogP contribution in [0.25, 0.3) is 11.1 Å². The van der Waals surface area contributed by atoms with Crippen LogP contribution in [-0.2, 0) is 0 Å². The lowest BCUT2D eigenvalue weighted by atomic mass is 9.93. The molecular formula is C17H2F12. The zero-order valence-corrected chi connectivity index (χ0v) is 13.2. The van der Waals surface area contributed by atoms with E-state index in [2.05, 4.69) is 0 Å². The van der Waals surface area contributed by atoms with Gasteiger partial charge in [0.25, 0.3) is 5.92 Å². The van der Waals surface area contributed by atoms with Gasteiger partial charge in [-0.1, -0.05) is 6.08 Å². The van der Waals surface area contributed by atoms with Crippen LogP contribution in [0.2, 0.25) is 0 Å². The van der Waals surface area contributed by atoms with E-state index in [0.29, 0.717) is 0 Å². The Bertz CT molecular complexity index is 1070. The van der Waals surface area contributed by atoms with Crippen LogP contribution in [0.15, 0.2) is 12.2 Å². The first kappa shape index (κ1) is 20.8. The smallest absolute Gasteiger partial charge is 0.203 e. The molecule has 1 aliphatic carbocycles. The maximum atomic E-state index is 14.2. The minimum atomic E-state index is -4.59. The molecule has 0 unspecified atom stereocenters. The molecular weight excluding hydrogens is 432 g/mol. The summed E-state index contributed by atoms with van der Waals surface area (Å²) in [4.78, 5) is 0. The van der Waals surface area contributed by atoms with Crippen LogP contribution in [0.4, 0.5) is 52.7 Å².